The lowest BCUT2D eigenvalue weighted by atomic mass is 9.75. The highest BCUT2D eigenvalue weighted by molar-refractivity contribution is 7.99. The summed E-state index contributed by atoms with van der Waals surface area (Å²) in [4.78, 5) is 21.1. The molecule has 2 aliphatic rings. The molecule has 3 heterocycles. The quantitative estimate of drug-likeness (QED) is 0.258. The second-order valence-corrected chi connectivity index (χ2v) is 12.0. The molecule has 0 aliphatic carbocycles. The van der Waals surface area contributed by atoms with Crippen LogP contribution in [0.1, 0.15) is 40.0 Å². The molecule has 202 valence electrons. The molecule has 1 spiro atoms. The molecule has 1 aromatic heterocycles. The van der Waals surface area contributed by atoms with Crippen LogP contribution in [0.15, 0.2) is 107 Å². The van der Waals surface area contributed by atoms with Crippen LogP contribution < -0.4 is 9.80 Å². The third-order valence-corrected chi connectivity index (χ3v) is 9.24. The Morgan fingerprint density at radius 2 is 1.75 bits per heavy atom. The highest BCUT2D eigenvalue weighted by Crippen LogP contribution is 2.52. The Hall–Kier alpha value is -3.58. The first-order valence-electron chi connectivity index (χ1n) is 13.8. The molecule has 4 nitrogen and oxygen atoms in total. The Kier molecular flexibility index (Phi) is 7.41. The van der Waals surface area contributed by atoms with Crippen LogP contribution in [0.5, 0.6) is 0 Å². The van der Waals surface area contributed by atoms with E-state index in [0.717, 1.165) is 59.2 Å². The van der Waals surface area contributed by atoms with Crippen molar-refractivity contribution < 1.29 is 9.18 Å². The van der Waals surface area contributed by atoms with Gasteiger partial charge >= 0.3 is 5.91 Å². The average molecular weight is 551 g/mol. The van der Waals surface area contributed by atoms with E-state index in [1.54, 1.807) is 18.0 Å². The van der Waals surface area contributed by atoms with Gasteiger partial charge in [0.25, 0.3) is 0 Å². The maximum atomic E-state index is 14.6. The Morgan fingerprint density at radius 3 is 2.50 bits per heavy atom. The zero-order chi connectivity index (χ0) is 27.6. The molecule has 1 unspecified atom stereocenters. The predicted molar refractivity (Wildman–Crippen MR) is 161 cm³/mol. The number of quaternary nitrogens is 1. The van der Waals surface area contributed by atoms with Crippen molar-refractivity contribution in [2.45, 2.75) is 35.0 Å². The van der Waals surface area contributed by atoms with Gasteiger partial charge in [0, 0.05) is 33.3 Å². The molecule has 0 radical (unpaired) electrons. The van der Waals surface area contributed by atoms with E-state index in [4.69, 9.17) is 0 Å². The second kappa shape index (κ2) is 11.1. The van der Waals surface area contributed by atoms with Crippen molar-refractivity contribution in [1.29, 1.82) is 0 Å². The minimum atomic E-state index is -0.234. The van der Waals surface area contributed by atoms with Crippen LogP contribution in [-0.4, -0.2) is 37.1 Å². The largest absolute Gasteiger partial charge is 0.351 e. The van der Waals surface area contributed by atoms with Crippen LogP contribution >= 0.6 is 11.8 Å². The van der Waals surface area contributed by atoms with E-state index >= 15 is 0 Å². The third kappa shape index (κ3) is 5.15. The minimum Gasteiger partial charge on any atom is -0.317 e. The number of fused-ring (bicyclic) bond motifs is 2. The molecule has 6 rings (SSSR count). The van der Waals surface area contributed by atoms with Gasteiger partial charge < -0.3 is 5.32 Å². The molecule has 1 fully saturated rings. The number of halogens is 1. The van der Waals surface area contributed by atoms with Gasteiger partial charge in [-0.1, -0.05) is 48.2 Å². The maximum Gasteiger partial charge on any atom is 0.351 e. The fourth-order valence-corrected chi connectivity index (χ4v) is 7.18. The molecule has 1 N–H and O–H groups in total. The van der Waals surface area contributed by atoms with E-state index in [-0.39, 0.29) is 21.6 Å². The fraction of sp³-hybridized carbons (Fsp3) is 0.235. The average Bonchev–Trinajstić information content (AvgIpc) is 3.24. The second-order valence-electron chi connectivity index (χ2n) is 10.9. The number of carbonyl (C=O) groups is 1. The third-order valence-electron chi connectivity index (χ3n) is 8.24. The lowest BCUT2D eigenvalue weighted by Gasteiger charge is -2.36. The highest BCUT2D eigenvalue weighted by atomic mass is 32.2. The zero-order valence-corrected chi connectivity index (χ0v) is 23.5. The number of nitrogens with one attached hydrogen (secondary N) is 1. The number of rotatable bonds is 6. The van der Waals surface area contributed by atoms with Gasteiger partial charge in [-0.2, -0.15) is 0 Å². The lowest BCUT2D eigenvalue weighted by molar-refractivity contribution is 0.0759. The number of benzene rings is 3. The van der Waals surface area contributed by atoms with Crippen LogP contribution in [0.3, 0.4) is 0 Å². The molecule has 1 saturated heterocycles. The Labute approximate surface area is 239 Å². The predicted octanol–water partition coefficient (Wildman–Crippen LogP) is 7.18. The molecule has 4 aromatic rings. The SMILES string of the molecule is Cc1cc(C(=O)[N+]2(C/C=C/c3ccccc3)CC3(CCNCC3)c3cc(Sc4ccc(F)cc4)ccc32)ccn1. The van der Waals surface area contributed by atoms with Crippen molar-refractivity contribution in [3.63, 3.8) is 0 Å². The van der Waals surface area contributed by atoms with Crippen molar-refractivity contribution in [1.82, 2.24) is 14.8 Å². The van der Waals surface area contributed by atoms with Crippen molar-refractivity contribution in [2.75, 3.05) is 26.2 Å². The van der Waals surface area contributed by atoms with Crippen molar-refractivity contribution >= 4 is 29.4 Å². The van der Waals surface area contributed by atoms with Crippen LogP contribution in [0.25, 0.3) is 6.08 Å². The number of pyridine rings is 1. The zero-order valence-electron chi connectivity index (χ0n) is 22.6. The smallest absolute Gasteiger partial charge is 0.317 e. The monoisotopic (exact) mass is 550 g/mol. The van der Waals surface area contributed by atoms with Gasteiger partial charge in [0.05, 0.1) is 11.0 Å². The normalized spacial score (nSPS) is 19.6. The van der Waals surface area contributed by atoms with Gasteiger partial charge in [-0.05, 0) is 93.0 Å². The first kappa shape index (κ1) is 26.6. The van der Waals surface area contributed by atoms with E-state index in [1.807, 2.05) is 49.4 Å². The highest BCUT2D eigenvalue weighted by Gasteiger charge is 2.57. The van der Waals surface area contributed by atoms with Gasteiger partial charge in [-0.25, -0.2) is 13.7 Å². The number of hydrogen-bond donors (Lipinski definition) is 1. The van der Waals surface area contributed by atoms with E-state index in [0.29, 0.717) is 12.1 Å². The van der Waals surface area contributed by atoms with Crippen molar-refractivity contribution in [3.05, 3.63) is 125 Å². The summed E-state index contributed by atoms with van der Waals surface area (Å²) in [6.07, 6.45) is 7.98. The number of aryl methyl sites for hydroxylation is 1. The van der Waals surface area contributed by atoms with Gasteiger partial charge in [-0.3, -0.25) is 4.98 Å². The van der Waals surface area contributed by atoms with Crippen molar-refractivity contribution in [2.24, 2.45) is 0 Å². The molecule has 1 amide bonds. The van der Waals surface area contributed by atoms with Gasteiger partial charge in [0.1, 0.15) is 24.6 Å². The first-order valence-corrected chi connectivity index (χ1v) is 14.6. The number of nitrogens with zero attached hydrogens (tertiary/aromatic N) is 2. The Morgan fingerprint density at radius 1 is 1.00 bits per heavy atom. The molecule has 1 atom stereocenters. The molecule has 6 heteroatoms. The van der Waals surface area contributed by atoms with E-state index in [2.05, 4.69) is 52.8 Å². The van der Waals surface area contributed by atoms with E-state index < -0.39 is 0 Å². The van der Waals surface area contributed by atoms with E-state index in [9.17, 15) is 9.18 Å². The summed E-state index contributed by atoms with van der Waals surface area (Å²) >= 11 is 1.64. The number of hydrogen-bond acceptors (Lipinski definition) is 4. The van der Waals surface area contributed by atoms with Crippen LogP contribution in [0, 0.1) is 12.7 Å². The molecule has 2 aliphatic heterocycles. The summed E-state index contributed by atoms with van der Waals surface area (Å²) in [5.41, 5.74) is 4.91. The topological polar surface area (TPSA) is 42.0 Å². The molecule has 0 bridgehead atoms. The van der Waals surface area contributed by atoms with Gasteiger partial charge in [0.2, 0.25) is 0 Å². The number of carbonyl (C=O) groups excluding carboxylic acids is 1. The molecular formula is C34H33FN3OS+. The number of aromatic nitrogens is 1. The maximum absolute atomic E-state index is 14.6. The Bertz CT molecular complexity index is 1550. The molecule has 3 aromatic carbocycles. The van der Waals surface area contributed by atoms with E-state index in [1.165, 1.54) is 17.7 Å². The summed E-state index contributed by atoms with van der Waals surface area (Å²) < 4.78 is 13.8. The summed E-state index contributed by atoms with van der Waals surface area (Å²) in [5.74, 6) is -0.124. The first-order chi connectivity index (χ1) is 19.5. The van der Waals surface area contributed by atoms with Crippen LogP contribution in [0.4, 0.5) is 10.1 Å². The fourth-order valence-electron chi connectivity index (χ4n) is 6.32. The molecule has 0 saturated carbocycles. The summed E-state index contributed by atoms with van der Waals surface area (Å²) in [6.45, 7) is 5.09. The molecule has 40 heavy (non-hydrogen) atoms. The van der Waals surface area contributed by atoms with Crippen LogP contribution in [0.2, 0.25) is 0 Å². The summed E-state index contributed by atoms with van der Waals surface area (Å²) in [7, 11) is 0. The van der Waals surface area contributed by atoms with Gasteiger partial charge in [0.15, 0.2) is 0 Å². The Balaban J connectivity index is 1.46. The number of amides is 1. The van der Waals surface area contributed by atoms with Crippen molar-refractivity contribution in [3.8, 4) is 0 Å². The standard InChI is InChI=1S/C34H33FN3OS/c1-25-22-27(15-18-37-25)33(39)38(21-5-8-26-6-3-2-4-7-26)24-34(16-19-36-20-17-34)31-23-30(13-14-32(31)38)40-29-11-9-28(35)10-12-29/h2-15,18,22-23,36H,16-17,19-21,24H2,1H3/q+1/b8-5+. The molecular weight excluding hydrogens is 517 g/mol. The summed E-state index contributed by atoms with van der Waals surface area (Å²) in [6, 6.07) is 27.2. The summed E-state index contributed by atoms with van der Waals surface area (Å²) in [5, 5.41) is 3.53. The number of piperidine rings is 1. The van der Waals surface area contributed by atoms with Gasteiger partial charge in [-0.15, -0.1) is 0 Å². The van der Waals surface area contributed by atoms with Crippen LogP contribution in [-0.2, 0) is 5.41 Å². The lowest BCUT2D eigenvalue weighted by Crippen LogP contribution is -2.57. The minimum absolute atomic E-state index is 0.0989.